The number of carbonyl (C=O) groups is 3. The molecule has 0 aliphatic heterocycles. The molecular formula is C18H31NO7. The van der Waals surface area contributed by atoms with Gasteiger partial charge >= 0.3 is 17.9 Å². The average Bonchev–Trinajstić information content (AvgIpc) is 2.55. The Morgan fingerprint density at radius 2 is 1.08 bits per heavy atom. The fraction of sp³-hybridized carbons (Fsp3) is 0.833. The Labute approximate surface area is 153 Å². The van der Waals surface area contributed by atoms with E-state index < -0.39 is 36.4 Å². The number of hydrogen-bond donors (Lipinski definition) is 5. The first-order valence-electron chi connectivity index (χ1n) is 9.38. The summed E-state index contributed by atoms with van der Waals surface area (Å²) in [4.78, 5) is 30.5. The lowest BCUT2D eigenvalue weighted by atomic mass is 9.91. The van der Waals surface area contributed by atoms with Gasteiger partial charge in [0.05, 0.1) is 12.8 Å². The van der Waals surface area contributed by atoms with Crippen LogP contribution in [-0.2, 0) is 14.4 Å². The van der Waals surface area contributed by atoms with Gasteiger partial charge in [-0.05, 0) is 25.7 Å². The number of nitrogens with one attached hydrogen (secondary N) is 1. The zero-order valence-corrected chi connectivity index (χ0v) is 15.2. The van der Waals surface area contributed by atoms with Gasteiger partial charge in [0.25, 0.3) is 0 Å². The van der Waals surface area contributed by atoms with E-state index in [2.05, 4.69) is 5.32 Å². The Kier molecular flexibility index (Phi) is 9.58. The number of rotatable bonds is 7. The van der Waals surface area contributed by atoms with Crippen LogP contribution in [0.1, 0.15) is 77.0 Å². The molecule has 0 heterocycles. The minimum atomic E-state index is -2.74. The van der Waals surface area contributed by atoms with Crippen molar-refractivity contribution in [1.29, 1.82) is 0 Å². The number of carboxylic acid groups (broad SMARTS) is 3. The standard InChI is InChI=1S/C12H23N.C6H8O7/c1-3-7-11(8-4-1)13-12-9-5-2-6-10-12;7-3(8)1-6(13,5(11)12)2-4(9)10/h11-13H,1-10H2;13H,1-2H2,(H,7,8)(H,9,10)(H,11,12). The minimum absolute atomic E-state index is 0.872. The van der Waals surface area contributed by atoms with E-state index >= 15 is 0 Å². The molecule has 2 saturated carbocycles. The van der Waals surface area contributed by atoms with Crippen molar-refractivity contribution < 1.29 is 34.8 Å². The molecule has 0 amide bonds. The number of aliphatic hydroxyl groups is 1. The third kappa shape index (κ3) is 8.62. The lowest BCUT2D eigenvalue weighted by Crippen LogP contribution is -2.42. The molecule has 150 valence electrons. The van der Waals surface area contributed by atoms with Crippen molar-refractivity contribution in [2.45, 2.75) is 94.7 Å². The van der Waals surface area contributed by atoms with E-state index in [9.17, 15) is 14.4 Å². The van der Waals surface area contributed by atoms with Gasteiger partial charge in [-0.15, -0.1) is 0 Å². The van der Waals surface area contributed by atoms with E-state index in [1.165, 1.54) is 64.2 Å². The molecule has 2 aliphatic rings. The van der Waals surface area contributed by atoms with Crippen LogP contribution in [0, 0.1) is 0 Å². The van der Waals surface area contributed by atoms with Crippen molar-refractivity contribution >= 4 is 17.9 Å². The topological polar surface area (TPSA) is 144 Å². The van der Waals surface area contributed by atoms with Gasteiger partial charge in [-0.3, -0.25) is 9.59 Å². The Morgan fingerprint density at radius 1 is 0.731 bits per heavy atom. The van der Waals surface area contributed by atoms with Crippen LogP contribution in [0.2, 0.25) is 0 Å². The van der Waals surface area contributed by atoms with Crippen LogP contribution in [0.25, 0.3) is 0 Å². The van der Waals surface area contributed by atoms with Crippen LogP contribution < -0.4 is 5.32 Å². The summed E-state index contributed by atoms with van der Waals surface area (Å²) in [6.45, 7) is 0. The zero-order valence-electron chi connectivity index (χ0n) is 15.2. The van der Waals surface area contributed by atoms with Crippen LogP contribution in [-0.4, -0.2) is 56.0 Å². The molecule has 0 aromatic rings. The van der Waals surface area contributed by atoms with E-state index in [0.29, 0.717) is 0 Å². The van der Waals surface area contributed by atoms with Crippen LogP contribution >= 0.6 is 0 Å². The first-order valence-corrected chi connectivity index (χ1v) is 9.38. The molecule has 2 aliphatic carbocycles. The van der Waals surface area contributed by atoms with Crippen molar-refractivity contribution in [2.75, 3.05) is 0 Å². The van der Waals surface area contributed by atoms with E-state index in [1.807, 2.05) is 0 Å². The Bertz CT molecular complexity index is 436. The van der Waals surface area contributed by atoms with Gasteiger partial charge in [0.1, 0.15) is 0 Å². The molecule has 0 aromatic heterocycles. The summed E-state index contributed by atoms with van der Waals surface area (Å²) in [6, 6.07) is 1.74. The maximum absolute atomic E-state index is 10.3. The number of hydrogen-bond acceptors (Lipinski definition) is 5. The third-order valence-electron chi connectivity index (χ3n) is 4.97. The lowest BCUT2D eigenvalue weighted by molar-refractivity contribution is -0.170. The van der Waals surface area contributed by atoms with E-state index in [-0.39, 0.29) is 0 Å². The first-order chi connectivity index (χ1) is 12.2. The second-order valence-electron chi connectivity index (χ2n) is 7.31. The fourth-order valence-corrected chi connectivity index (χ4v) is 3.59. The number of carboxylic acids is 3. The highest BCUT2D eigenvalue weighted by Gasteiger charge is 2.40. The van der Waals surface area contributed by atoms with Crippen molar-refractivity contribution in [3.63, 3.8) is 0 Å². The van der Waals surface area contributed by atoms with Gasteiger partial charge in [-0.1, -0.05) is 38.5 Å². The van der Waals surface area contributed by atoms with Crippen LogP contribution in [0.4, 0.5) is 0 Å². The molecule has 0 unspecified atom stereocenters. The summed E-state index contributed by atoms with van der Waals surface area (Å²) in [7, 11) is 0. The fourth-order valence-electron chi connectivity index (χ4n) is 3.59. The molecule has 8 heteroatoms. The molecule has 0 radical (unpaired) electrons. The molecule has 26 heavy (non-hydrogen) atoms. The SMILES string of the molecule is C1CCC(NC2CCCCC2)CC1.O=C(O)CC(O)(CC(=O)O)C(=O)O. The Balaban J connectivity index is 0.000000260. The molecule has 0 atom stereocenters. The summed E-state index contributed by atoms with van der Waals surface area (Å²) in [5, 5.41) is 37.7. The van der Waals surface area contributed by atoms with Crippen LogP contribution in [0.3, 0.4) is 0 Å². The predicted molar refractivity (Wildman–Crippen MR) is 94.0 cm³/mol. The van der Waals surface area contributed by atoms with Crippen molar-refractivity contribution in [3.05, 3.63) is 0 Å². The largest absolute Gasteiger partial charge is 0.481 e. The highest BCUT2D eigenvalue weighted by Crippen LogP contribution is 2.22. The summed E-state index contributed by atoms with van der Waals surface area (Å²) in [6.07, 6.45) is 12.3. The first kappa shape index (κ1) is 22.4. The molecule has 0 spiro atoms. The highest BCUT2D eigenvalue weighted by atomic mass is 16.4. The van der Waals surface area contributed by atoms with Gasteiger partial charge in [0.2, 0.25) is 0 Å². The molecule has 2 rings (SSSR count). The average molecular weight is 373 g/mol. The lowest BCUT2D eigenvalue weighted by Gasteiger charge is -2.30. The molecule has 0 bridgehead atoms. The molecule has 0 saturated heterocycles. The molecule has 5 N–H and O–H groups in total. The van der Waals surface area contributed by atoms with Crippen molar-refractivity contribution in [2.24, 2.45) is 0 Å². The highest BCUT2D eigenvalue weighted by molar-refractivity contribution is 5.88. The molecule has 8 nitrogen and oxygen atoms in total. The summed E-state index contributed by atoms with van der Waals surface area (Å²) in [5.74, 6) is -5.02. The van der Waals surface area contributed by atoms with Gasteiger partial charge in [0, 0.05) is 12.1 Å². The van der Waals surface area contributed by atoms with Gasteiger partial charge < -0.3 is 25.7 Å². The van der Waals surface area contributed by atoms with E-state index in [4.69, 9.17) is 20.4 Å². The normalized spacial score (nSPS) is 19.3. The van der Waals surface area contributed by atoms with E-state index in [0.717, 1.165) is 12.1 Å². The van der Waals surface area contributed by atoms with Gasteiger partial charge in [-0.2, -0.15) is 0 Å². The number of aliphatic carboxylic acids is 3. The zero-order chi connectivity index (χ0) is 19.6. The Hall–Kier alpha value is -1.67. The quantitative estimate of drug-likeness (QED) is 0.456. The maximum atomic E-state index is 10.3. The second kappa shape index (κ2) is 11.1. The van der Waals surface area contributed by atoms with Gasteiger partial charge in [-0.25, -0.2) is 4.79 Å². The van der Waals surface area contributed by atoms with Crippen LogP contribution in [0.15, 0.2) is 0 Å². The van der Waals surface area contributed by atoms with Crippen LogP contribution in [0.5, 0.6) is 0 Å². The Morgan fingerprint density at radius 3 is 1.35 bits per heavy atom. The monoisotopic (exact) mass is 373 g/mol. The molecule has 2 fully saturated rings. The summed E-state index contributed by atoms with van der Waals surface area (Å²) >= 11 is 0. The summed E-state index contributed by atoms with van der Waals surface area (Å²) < 4.78 is 0. The second-order valence-corrected chi connectivity index (χ2v) is 7.31. The summed E-state index contributed by atoms with van der Waals surface area (Å²) in [5.41, 5.74) is -2.74. The van der Waals surface area contributed by atoms with E-state index in [1.54, 1.807) is 0 Å². The maximum Gasteiger partial charge on any atom is 0.336 e. The minimum Gasteiger partial charge on any atom is -0.481 e. The van der Waals surface area contributed by atoms with Crippen molar-refractivity contribution in [1.82, 2.24) is 5.32 Å². The van der Waals surface area contributed by atoms with Gasteiger partial charge in [0.15, 0.2) is 5.60 Å². The molecule has 0 aromatic carbocycles. The third-order valence-corrected chi connectivity index (χ3v) is 4.97. The smallest absolute Gasteiger partial charge is 0.336 e. The molecular weight excluding hydrogens is 342 g/mol. The predicted octanol–water partition coefficient (Wildman–Crippen LogP) is 1.99. The van der Waals surface area contributed by atoms with Crippen molar-refractivity contribution in [3.8, 4) is 0 Å².